The minimum absolute atomic E-state index is 0.239. The number of nitrogens with one attached hydrogen (secondary N) is 1. The Balaban J connectivity index is 1.34. The highest BCUT2D eigenvalue weighted by molar-refractivity contribution is 9.10. The Kier molecular flexibility index (Phi) is 6.11. The summed E-state index contributed by atoms with van der Waals surface area (Å²) in [6.07, 6.45) is 1.91. The van der Waals surface area contributed by atoms with Gasteiger partial charge in [0.1, 0.15) is 11.3 Å². The summed E-state index contributed by atoms with van der Waals surface area (Å²) in [4.78, 5) is 13.0. The van der Waals surface area contributed by atoms with Gasteiger partial charge in [-0.25, -0.2) is 4.68 Å². The molecule has 182 valence electrons. The first-order valence-corrected chi connectivity index (χ1v) is 13.2. The van der Waals surface area contributed by atoms with Crippen molar-refractivity contribution < 1.29 is 9.21 Å². The summed E-state index contributed by atoms with van der Waals surface area (Å²) in [6.45, 7) is 1.86. The van der Waals surface area contributed by atoms with E-state index in [4.69, 9.17) is 21.1 Å². The number of rotatable bonds is 5. The molecule has 0 saturated heterocycles. The maximum absolute atomic E-state index is 13.0. The van der Waals surface area contributed by atoms with E-state index in [1.54, 1.807) is 4.68 Å². The molecule has 0 saturated carbocycles. The van der Waals surface area contributed by atoms with Crippen molar-refractivity contribution in [1.29, 1.82) is 0 Å². The Hall–Kier alpha value is -3.79. The van der Waals surface area contributed by atoms with Crippen LogP contribution in [0.1, 0.15) is 16.1 Å². The third kappa shape index (κ3) is 4.57. The van der Waals surface area contributed by atoms with Gasteiger partial charge in [-0.1, -0.05) is 69.2 Å². The molecular formula is C27H17BrClN5O2S. The van der Waals surface area contributed by atoms with Crippen molar-refractivity contribution in [3.05, 3.63) is 99.8 Å². The molecule has 3 heterocycles. The number of anilines is 1. The van der Waals surface area contributed by atoms with Gasteiger partial charge in [0.05, 0.1) is 11.3 Å². The Bertz CT molecular complexity index is 1760. The van der Waals surface area contributed by atoms with Gasteiger partial charge < -0.3 is 4.42 Å². The van der Waals surface area contributed by atoms with Gasteiger partial charge in [0, 0.05) is 32.2 Å². The van der Waals surface area contributed by atoms with Crippen LogP contribution >= 0.6 is 38.9 Å². The van der Waals surface area contributed by atoms with Crippen LogP contribution in [0.4, 0.5) is 5.13 Å². The molecule has 0 bridgehead atoms. The monoisotopic (exact) mass is 589 g/mol. The standard InChI is InChI=1S/C27H17BrClN5O2S/c1-15-20-13-17(28)9-12-22(20)36-24(15)25(35)30-27-32-31-26(37-27)21-14-34(19-5-3-2-4-6-19)33-23(21)16-7-10-18(29)11-8-16/h2-14H,1H3,(H,30,32,35). The smallest absolute Gasteiger partial charge is 0.293 e. The molecular weight excluding hydrogens is 574 g/mol. The predicted octanol–water partition coefficient (Wildman–Crippen LogP) is 7.78. The average molecular weight is 591 g/mol. The molecule has 0 aliphatic rings. The van der Waals surface area contributed by atoms with E-state index >= 15 is 0 Å². The second-order valence-electron chi connectivity index (χ2n) is 8.24. The summed E-state index contributed by atoms with van der Waals surface area (Å²) in [7, 11) is 0. The number of fused-ring (bicyclic) bond motifs is 1. The number of aromatic nitrogens is 4. The van der Waals surface area contributed by atoms with E-state index in [0.29, 0.717) is 20.7 Å². The quantitative estimate of drug-likeness (QED) is 0.222. The largest absolute Gasteiger partial charge is 0.451 e. The molecule has 0 radical (unpaired) electrons. The summed E-state index contributed by atoms with van der Waals surface area (Å²) in [5.74, 6) is -0.144. The number of para-hydroxylation sites is 1. The molecule has 6 aromatic rings. The van der Waals surface area contributed by atoms with Crippen LogP contribution in [0, 0.1) is 6.92 Å². The van der Waals surface area contributed by atoms with Crippen LogP contribution in [-0.2, 0) is 0 Å². The van der Waals surface area contributed by atoms with Crippen molar-refractivity contribution in [1.82, 2.24) is 20.0 Å². The highest BCUT2D eigenvalue weighted by Gasteiger charge is 2.22. The van der Waals surface area contributed by atoms with Gasteiger partial charge in [-0.3, -0.25) is 10.1 Å². The number of amides is 1. The first-order valence-electron chi connectivity index (χ1n) is 11.2. The van der Waals surface area contributed by atoms with Crippen molar-refractivity contribution in [2.75, 3.05) is 5.32 Å². The molecule has 1 N–H and O–H groups in total. The summed E-state index contributed by atoms with van der Waals surface area (Å²) in [5.41, 5.74) is 4.72. The number of hydrogen-bond acceptors (Lipinski definition) is 6. The number of carbonyl (C=O) groups excluding carboxylic acids is 1. The molecule has 7 nitrogen and oxygen atoms in total. The highest BCUT2D eigenvalue weighted by Crippen LogP contribution is 2.36. The second kappa shape index (κ2) is 9.59. The van der Waals surface area contributed by atoms with Crippen molar-refractivity contribution in [3.8, 4) is 27.5 Å². The van der Waals surface area contributed by atoms with E-state index in [0.717, 1.165) is 37.9 Å². The zero-order chi connectivity index (χ0) is 25.5. The normalized spacial score (nSPS) is 11.2. The minimum atomic E-state index is -0.384. The summed E-state index contributed by atoms with van der Waals surface area (Å²) < 4.78 is 8.53. The molecule has 1 amide bonds. The van der Waals surface area contributed by atoms with Gasteiger partial charge in [-0.15, -0.1) is 10.2 Å². The SMILES string of the molecule is Cc1c(C(=O)Nc2nnc(-c3cn(-c4ccccc4)nc3-c3ccc(Cl)cc3)s2)oc2ccc(Br)cc12. The fraction of sp³-hybridized carbons (Fsp3) is 0.0370. The number of aryl methyl sites for hydroxylation is 1. The lowest BCUT2D eigenvalue weighted by Gasteiger charge is -2.01. The lowest BCUT2D eigenvalue weighted by atomic mass is 10.1. The highest BCUT2D eigenvalue weighted by atomic mass is 79.9. The van der Waals surface area contributed by atoms with Crippen LogP contribution in [0.15, 0.2) is 87.9 Å². The molecule has 3 aromatic carbocycles. The van der Waals surface area contributed by atoms with Gasteiger partial charge in [0.2, 0.25) is 5.13 Å². The van der Waals surface area contributed by atoms with Gasteiger partial charge >= 0.3 is 0 Å². The lowest BCUT2D eigenvalue weighted by Crippen LogP contribution is -2.11. The number of nitrogens with zero attached hydrogens (tertiary/aromatic N) is 4. The Morgan fingerprint density at radius 1 is 1.05 bits per heavy atom. The first kappa shape index (κ1) is 23.6. The van der Waals surface area contributed by atoms with Gasteiger partial charge in [-0.2, -0.15) is 5.10 Å². The van der Waals surface area contributed by atoms with Crippen LogP contribution in [0.2, 0.25) is 5.02 Å². The molecule has 0 fully saturated rings. The maximum atomic E-state index is 13.0. The van der Waals surface area contributed by atoms with Crippen molar-refractivity contribution in [2.24, 2.45) is 0 Å². The third-order valence-corrected chi connectivity index (χ3v) is 7.45. The van der Waals surface area contributed by atoms with Gasteiger partial charge in [0.25, 0.3) is 5.91 Å². The molecule has 3 aromatic heterocycles. The fourth-order valence-electron chi connectivity index (χ4n) is 4.01. The molecule has 0 aliphatic carbocycles. The first-order chi connectivity index (χ1) is 18.0. The molecule has 37 heavy (non-hydrogen) atoms. The van der Waals surface area contributed by atoms with E-state index in [1.807, 2.05) is 85.9 Å². The molecule has 10 heteroatoms. The number of furan rings is 1. The summed E-state index contributed by atoms with van der Waals surface area (Å²) in [5, 5.41) is 18.7. The van der Waals surface area contributed by atoms with E-state index in [2.05, 4.69) is 31.4 Å². The summed E-state index contributed by atoms with van der Waals surface area (Å²) >= 11 is 10.8. The third-order valence-electron chi connectivity index (χ3n) is 5.83. The predicted molar refractivity (Wildman–Crippen MR) is 150 cm³/mol. The Morgan fingerprint density at radius 2 is 1.84 bits per heavy atom. The van der Waals surface area contributed by atoms with Crippen molar-refractivity contribution in [2.45, 2.75) is 6.92 Å². The summed E-state index contributed by atoms with van der Waals surface area (Å²) in [6, 6.07) is 22.9. The van der Waals surface area contributed by atoms with E-state index in [9.17, 15) is 4.79 Å². The van der Waals surface area contributed by atoms with Gasteiger partial charge in [-0.05, 0) is 49.4 Å². The molecule has 0 atom stereocenters. The number of benzene rings is 3. The van der Waals surface area contributed by atoms with Crippen LogP contribution in [-0.4, -0.2) is 25.9 Å². The number of hydrogen-bond donors (Lipinski definition) is 1. The maximum Gasteiger partial charge on any atom is 0.293 e. The average Bonchev–Trinajstić information content (AvgIpc) is 3.63. The Labute approximate surface area is 228 Å². The van der Waals surface area contributed by atoms with Gasteiger partial charge in [0.15, 0.2) is 10.8 Å². The number of carbonyl (C=O) groups is 1. The van der Waals surface area contributed by atoms with Crippen LogP contribution in [0.5, 0.6) is 0 Å². The topological polar surface area (TPSA) is 85.8 Å². The van der Waals surface area contributed by atoms with Crippen LogP contribution in [0.25, 0.3) is 38.5 Å². The lowest BCUT2D eigenvalue weighted by molar-refractivity contribution is 0.0998. The Morgan fingerprint density at radius 3 is 2.62 bits per heavy atom. The zero-order valence-electron chi connectivity index (χ0n) is 19.3. The molecule has 0 aliphatic heterocycles. The molecule has 6 rings (SSSR count). The molecule has 0 spiro atoms. The van der Waals surface area contributed by atoms with E-state index in [1.165, 1.54) is 11.3 Å². The van der Waals surface area contributed by atoms with Crippen molar-refractivity contribution in [3.63, 3.8) is 0 Å². The minimum Gasteiger partial charge on any atom is -0.451 e. The van der Waals surface area contributed by atoms with Crippen LogP contribution < -0.4 is 5.32 Å². The van der Waals surface area contributed by atoms with E-state index in [-0.39, 0.29) is 11.7 Å². The molecule has 0 unspecified atom stereocenters. The van der Waals surface area contributed by atoms with Crippen molar-refractivity contribution >= 4 is 60.9 Å². The van der Waals surface area contributed by atoms with Crippen LogP contribution in [0.3, 0.4) is 0 Å². The number of halogens is 2. The fourth-order valence-corrected chi connectivity index (χ4v) is 5.25. The van der Waals surface area contributed by atoms with E-state index < -0.39 is 0 Å². The second-order valence-corrected chi connectivity index (χ2v) is 10.6. The zero-order valence-corrected chi connectivity index (χ0v) is 22.4.